The Morgan fingerprint density at radius 2 is 1.90 bits per heavy atom. The molecule has 49 heavy (non-hydrogen) atoms. The molecule has 0 radical (unpaired) electrons. The summed E-state index contributed by atoms with van der Waals surface area (Å²) in [5.74, 6) is 1.41. The summed E-state index contributed by atoms with van der Waals surface area (Å²) in [5.41, 5.74) is 1.14. The smallest absolute Gasteiger partial charge is 0.407 e. The molecule has 0 aliphatic carbocycles. The van der Waals surface area contributed by atoms with Crippen molar-refractivity contribution in [2.24, 2.45) is 11.8 Å². The van der Waals surface area contributed by atoms with Gasteiger partial charge in [-0.15, -0.1) is 0 Å². The molecule has 3 aliphatic rings. The van der Waals surface area contributed by atoms with E-state index in [-0.39, 0.29) is 49.6 Å². The van der Waals surface area contributed by atoms with Gasteiger partial charge in [-0.3, -0.25) is 0 Å². The van der Waals surface area contributed by atoms with Crippen molar-refractivity contribution in [2.75, 3.05) is 33.1 Å². The largest absolute Gasteiger partial charge is 0.454 e. The molecule has 1 aromatic heterocycles. The molecule has 2 saturated heterocycles. The van der Waals surface area contributed by atoms with Crippen LogP contribution in [0, 0.1) is 23.2 Å². The third-order valence-electron chi connectivity index (χ3n) is 8.42. The van der Waals surface area contributed by atoms with Gasteiger partial charge in [-0.2, -0.15) is 9.57 Å². The lowest BCUT2D eigenvalue weighted by molar-refractivity contribution is -0.0907. The van der Waals surface area contributed by atoms with E-state index in [9.17, 15) is 18.3 Å². The first-order valence-electron chi connectivity index (χ1n) is 16.0. The summed E-state index contributed by atoms with van der Waals surface area (Å²) in [6, 6.07) is 15.6. The maximum atomic E-state index is 13.9. The third-order valence-corrected chi connectivity index (χ3v) is 10.2. The van der Waals surface area contributed by atoms with Gasteiger partial charge in [0.05, 0.1) is 41.7 Å². The van der Waals surface area contributed by atoms with Gasteiger partial charge in [0.15, 0.2) is 17.8 Å². The number of amides is 1. The molecule has 2 aromatic carbocycles. The number of sulfonamides is 1. The minimum Gasteiger partial charge on any atom is -0.454 e. The first kappa shape index (κ1) is 34.4. The first-order valence-corrected chi connectivity index (χ1v) is 17.4. The van der Waals surface area contributed by atoms with Crippen LogP contribution in [0.4, 0.5) is 4.79 Å². The van der Waals surface area contributed by atoms with Crippen molar-refractivity contribution in [3.8, 4) is 29.2 Å². The van der Waals surface area contributed by atoms with Gasteiger partial charge in [0.2, 0.25) is 22.7 Å². The van der Waals surface area contributed by atoms with Crippen LogP contribution < -0.4 is 19.5 Å². The number of hydrogen-bond donors (Lipinski definition) is 2. The van der Waals surface area contributed by atoms with Crippen molar-refractivity contribution < 1.29 is 46.7 Å². The Labute approximate surface area is 284 Å². The number of pyridine rings is 1. The van der Waals surface area contributed by atoms with Crippen LogP contribution in [0.5, 0.6) is 23.1 Å². The molecule has 1 amide bonds. The van der Waals surface area contributed by atoms with Crippen molar-refractivity contribution in [1.82, 2.24) is 14.6 Å². The maximum Gasteiger partial charge on any atom is 0.407 e. The van der Waals surface area contributed by atoms with Gasteiger partial charge in [0.1, 0.15) is 17.9 Å². The van der Waals surface area contributed by atoms with E-state index in [2.05, 4.69) is 10.3 Å². The molecule has 2 N–H and O–H groups in total. The summed E-state index contributed by atoms with van der Waals surface area (Å²) in [5, 5.41) is 23.4. The molecular weight excluding hydrogens is 656 g/mol. The molecule has 4 heterocycles. The molecule has 0 unspecified atom stereocenters. The average Bonchev–Trinajstić information content (AvgIpc) is 3.84. The fourth-order valence-corrected chi connectivity index (χ4v) is 7.57. The van der Waals surface area contributed by atoms with Crippen LogP contribution in [-0.4, -0.2) is 86.5 Å². The lowest BCUT2D eigenvalue weighted by atomic mass is 10.0. The quantitative estimate of drug-likeness (QED) is 0.266. The molecule has 14 nitrogen and oxygen atoms in total. The number of carbonyl (C=O) groups excluding carboxylic acids is 1. The van der Waals surface area contributed by atoms with E-state index in [4.69, 9.17) is 33.7 Å². The Morgan fingerprint density at radius 3 is 2.63 bits per heavy atom. The van der Waals surface area contributed by atoms with E-state index >= 15 is 0 Å². The summed E-state index contributed by atoms with van der Waals surface area (Å²) in [7, 11) is -4.09. The summed E-state index contributed by atoms with van der Waals surface area (Å²) < 4.78 is 62.4. The third kappa shape index (κ3) is 8.23. The summed E-state index contributed by atoms with van der Waals surface area (Å²) in [6.45, 7) is 4.27. The van der Waals surface area contributed by atoms with Crippen LogP contribution in [0.3, 0.4) is 0 Å². The highest BCUT2D eigenvalue weighted by molar-refractivity contribution is 7.89. The second kappa shape index (κ2) is 15.0. The first-order chi connectivity index (χ1) is 23.6. The monoisotopic (exact) mass is 694 g/mol. The minimum absolute atomic E-state index is 0.00243. The van der Waals surface area contributed by atoms with Gasteiger partial charge in [0, 0.05) is 31.4 Å². The number of aliphatic hydroxyl groups is 1. The lowest BCUT2D eigenvalue weighted by Crippen LogP contribution is -2.51. The number of aliphatic hydroxyl groups excluding tert-OH is 1. The van der Waals surface area contributed by atoms with Crippen LogP contribution in [0.25, 0.3) is 0 Å². The van der Waals surface area contributed by atoms with E-state index in [1.54, 1.807) is 36.4 Å². The number of carbonyl (C=O) groups is 1. The van der Waals surface area contributed by atoms with Crippen LogP contribution >= 0.6 is 0 Å². The number of nitrogens with one attached hydrogen (secondary N) is 1. The second-order valence-corrected chi connectivity index (χ2v) is 14.4. The van der Waals surface area contributed by atoms with Gasteiger partial charge >= 0.3 is 6.09 Å². The van der Waals surface area contributed by atoms with E-state index < -0.39 is 40.7 Å². The summed E-state index contributed by atoms with van der Waals surface area (Å²) >= 11 is 0. The SMILES string of the molecule is CC(C)CN(C[C@@H](O)[C@H](Cc1ccc(Oc2ccc(C#N)cn2)cc1)NC(=O)O[C@H]1CO[C@H]2OCC[C@H]21)S(=O)(=O)c1ccc2c(c1)OCO2. The number of nitrogens with zero attached hydrogens (tertiary/aromatic N) is 3. The fraction of sp³-hybridized carbons (Fsp3) is 0.441. The number of rotatable bonds is 13. The topological polar surface area (TPSA) is 179 Å². The molecule has 0 bridgehead atoms. The fourth-order valence-electron chi connectivity index (χ4n) is 5.93. The highest BCUT2D eigenvalue weighted by Crippen LogP contribution is 2.35. The number of alkyl carbamates (subject to hydrolysis) is 1. The Kier molecular flexibility index (Phi) is 10.5. The van der Waals surface area contributed by atoms with Gasteiger partial charge in [0.25, 0.3) is 0 Å². The number of ether oxygens (including phenoxy) is 6. The summed E-state index contributed by atoms with van der Waals surface area (Å²) in [4.78, 5) is 17.4. The zero-order valence-corrected chi connectivity index (χ0v) is 27.9. The molecule has 6 rings (SSSR count). The Hall–Kier alpha value is -4.46. The molecule has 5 atom stereocenters. The van der Waals surface area contributed by atoms with Crippen molar-refractivity contribution in [3.05, 3.63) is 71.9 Å². The molecular formula is C34H38N4O10S. The normalized spacial score (nSPS) is 20.9. The Bertz CT molecular complexity index is 1760. The Balaban J connectivity index is 1.19. The molecule has 3 aromatic rings. The Morgan fingerprint density at radius 1 is 1.10 bits per heavy atom. The van der Waals surface area contributed by atoms with E-state index in [1.165, 1.54) is 28.7 Å². The van der Waals surface area contributed by atoms with Gasteiger partial charge < -0.3 is 38.8 Å². The predicted molar refractivity (Wildman–Crippen MR) is 172 cm³/mol. The number of hydrogen-bond acceptors (Lipinski definition) is 12. The van der Waals surface area contributed by atoms with E-state index in [1.807, 2.05) is 19.9 Å². The highest BCUT2D eigenvalue weighted by Gasteiger charge is 2.44. The highest BCUT2D eigenvalue weighted by atomic mass is 32.2. The summed E-state index contributed by atoms with van der Waals surface area (Å²) in [6.07, 6.45) is -0.771. The van der Waals surface area contributed by atoms with Gasteiger partial charge in [-0.25, -0.2) is 18.2 Å². The van der Waals surface area contributed by atoms with E-state index in [0.29, 0.717) is 41.7 Å². The van der Waals surface area contributed by atoms with Crippen LogP contribution in [-0.2, 0) is 30.7 Å². The zero-order chi connectivity index (χ0) is 34.5. The molecule has 15 heteroatoms. The van der Waals surface area contributed by atoms with Gasteiger partial charge in [-0.1, -0.05) is 26.0 Å². The zero-order valence-electron chi connectivity index (χ0n) is 27.1. The number of benzene rings is 2. The van der Waals surface area contributed by atoms with Crippen molar-refractivity contribution in [1.29, 1.82) is 5.26 Å². The molecule has 0 saturated carbocycles. The van der Waals surface area contributed by atoms with Crippen molar-refractivity contribution in [3.63, 3.8) is 0 Å². The molecule has 260 valence electrons. The van der Waals surface area contributed by atoms with Crippen molar-refractivity contribution >= 4 is 16.1 Å². The number of nitriles is 1. The van der Waals surface area contributed by atoms with Crippen LogP contribution in [0.2, 0.25) is 0 Å². The second-order valence-electron chi connectivity index (χ2n) is 12.5. The number of fused-ring (bicyclic) bond motifs is 2. The van der Waals surface area contributed by atoms with Crippen molar-refractivity contribution in [2.45, 2.75) is 56.1 Å². The van der Waals surface area contributed by atoms with E-state index in [0.717, 1.165) is 5.56 Å². The minimum atomic E-state index is -4.09. The molecule has 2 fully saturated rings. The predicted octanol–water partition coefficient (Wildman–Crippen LogP) is 3.58. The lowest BCUT2D eigenvalue weighted by Gasteiger charge is -2.31. The van der Waals surface area contributed by atoms with Crippen LogP contribution in [0.15, 0.2) is 65.7 Å². The molecule has 0 spiro atoms. The van der Waals surface area contributed by atoms with Crippen LogP contribution in [0.1, 0.15) is 31.4 Å². The number of aromatic nitrogens is 1. The average molecular weight is 695 g/mol. The maximum absolute atomic E-state index is 13.9. The standard InChI is InChI=1S/C34H38N4O10S/c1-21(2)17-38(49(41,42)25-8-9-29-30(14-25)46-20-45-29)18-28(39)27(37-34(40)48-31-19-44-33-26(31)11-12-43-33)13-22-3-6-24(7-4-22)47-32-10-5-23(15-35)16-36-32/h3-10,14,16,21,26-28,31,33,39H,11-13,17-20H2,1-2H3,(H,37,40)/t26-,27-,28+,31-,33+/m0/s1. The molecule has 3 aliphatic heterocycles. The van der Waals surface area contributed by atoms with Gasteiger partial charge in [-0.05, 0) is 54.7 Å².